The topological polar surface area (TPSA) is 0 Å². The number of rotatable bonds is 3. The maximum atomic E-state index is 3.82. The molecule has 0 aliphatic heterocycles. The van der Waals surface area contributed by atoms with Gasteiger partial charge in [-0.2, -0.15) is 0 Å². The zero-order valence-corrected chi connectivity index (χ0v) is 10.4. The van der Waals surface area contributed by atoms with Gasteiger partial charge in [-0.15, -0.1) is 0 Å². The predicted octanol–water partition coefficient (Wildman–Crippen LogP) is 5.00. The van der Waals surface area contributed by atoms with E-state index in [1.165, 1.54) is 16.7 Å². The van der Waals surface area contributed by atoms with E-state index < -0.39 is 0 Å². The van der Waals surface area contributed by atoms with Gasteiger partial charge >= 0.3 is 0 Å². The Labute approximate surface area is 94.3 Å². The molecule has 1 rings (SSSR count). The molecule has 0 unspecified atom stereocenters. The van der Waals surface area contributed by atoms with Crippen LogP contribution in [0.4, 0.5) is 0 Å². The minimum absolute atomic E-state index is 1.05. The van der Waals surface area contributed by atoms with E-state index in [1.807, 2.05) is 19.9 Å². The highest BCUT2D eigenvalue weighted by Crippen LogP contribution is 2.16. The zero-order valence-electron chi connectivity index (χ0n) is 10.4. The SMILES string of the molecule is C=C/C(=C\CC)c1cccc(C)c1.CC. The largest absolute Gasteiger partial charge is 0.0985 e. The highest BCUT2D eigenvalue weighted by atomic mass is 14.0. The number of benzene rings is 1. The molecule has 1 aromatic rings. The summed E-state index contributed by atoms with van der Waals surface area (Å²) in [4.78, 5) is 0. The third-order valence-electron chi connectivity index (χ3n) is 2.00. The molecule has 0 bridgehead atoms. The summed E-state index contributed by atoms with van der Waals surface area (Å²) in [6.45, 7) is 12.1. The maximum absolute atomic E-state index is 3.82. The van der Waals surface area contributed by atoms with E-state index in [-0.39, 0.29) is 0 Å². The van der Waals surface area contributed by atoms with E-state index in [0.717, 1.165) is 6.42 Å². The van der Waals surface area contributed by atoms with Crippen LogP contribution in [0.2, 0.25) is 0 Å². The molecule has 0 aliphatic rings. The summed E-state index contributed by atoms with van der Waals surface area (Å²) in [6.07, 6.45) is 5.16. The number of hydrogen-bond acceptors (Lipinski definition) is 0. The Hall–Kier alpha value is -1.30. The second-order valence-corrected chi connectivity index (χ2v) is 3.14. The molecule has 0 heterocycles. The first-order valence-electron chi connectivity index (χ1n) is 5.67. The van der Waals surface area contributed by atoms with Crippen LogP contribution in [0.25, 0.3) is 5.57 Å². The molecule has 15 heavy (non-hydrogen) atoms. The van der Waals surface area contributed by atoms with Crippen LogP contribution in [0.5, 0.6) is 0 Å². The van der Waals surface area contributed by atoms with Gasteiger partial charge in [0.15, 0.2) is 0 Å². The normalized spacial score (nSPS) is 10.3. The summed E-state index contributed by atoms with van der Waals surface area (Å²) in [5.41, 5.74) is 3.78. The molecule has 82 valence electrons. The van der Waals surface area contributed by atoms with Gasteiger partial charge in [-0.3, -0.25) is 0 Å². The van der Waals surface area contributed by atoms with E-state index in [0.29, 0.717) is 0 Å². The van der Waals surface area contributed by atoms with Crippen molar-refractivity contribution in [3.63, 3.8) is 0 Å². The first kappa shape index (κ1) is 13.7. The third-order valence-corrected chi connectivity index (χ3v) is 2.00. The maximum Gasteiger partial charge on any atom is -0.0185 e. The number of hydrogen-bond donors (Lipinski definition) is 0. The standard InChI is InChI=1S/C13H16.C2H6/c1-4-7-12(5-2)13-9-6-8-11(3)10-13;1-2/h5-10H,2,4H2,1,3H3;1-2H3/b12-7+;. The van der Waals surface area contributed by atoms with Gasteiger partial charge in [0.2, 0.25) is 0 Å². The second kappa shape index (κ2) is 8.05. The van der Waals surface area contributed by atoms with Gasteiger partial charge in [-0.25, -0.2) is 0 Å². The average molecular weight is 202 g/mol. The molecule has 0 saturated carbocycles. The first-order valence-corrected chi connectivity index (χ1v) is 5.67. The van der Waals surface area contributed by atoms with Crippen LogP contribution in [-0.4, -0.2) is 0 Å². The van der Waals surface area contributed by atoms with E-state index >= 15 is 0 Å². The van der Waals surface area contributed by atoms with E-state index in [1.54, 1.807) is 0 Å². The van der Waals surface area contributed by atoms with Crippen molar-refractivity contribution in [1.29, 1.82) is 0 Å². The molecular formula is C15H22. The quantitative estimate of drug-likeness (QED) is 0.605. The van der Waals surface area contributed by atoms with Crippen molar-refractivity contribution in [3.05, 3.63) is 54.1 Å². The van der Waals surface area contributed by atoms with Crippen LogP contribution in [0.1, 0.15) is 38.3 Å². The van der Waals surface area contributed by atoms with Crippen molar-refractivity contribution in [2.75, 3.05) is 0 Å². The molecular weight excluding hydrogens is 180 g/mol. The Balaban J connectivity index is 0.000000921. The van der Waals surface area contributed by atoms with E-state index in [4.69, 9.17) is 0 Å². The lowest BCUT2D eigenvalue weighted by Crippen LogP contribution is -1.81. The van der Waals surface area contributed by atoms with Crippen LogP contribution >= 0.6 is 0 Å². The van der Waals surface area contributed by atoms with Gasteiger partial charge in [0.25, 0.3) is 0 Å². The molecule has 0 aromatic heterocycles. The predicted molar refractivity (Wildman–Crippen MR) is 71.0 cm³/mol. The average Bonchev–Trinajstić information content (AvgIpc) is 2.28. The summed E-state index contributed by atoms with van der Waals surface area (Å²) >= 11 is 0. The summed E-state index contributed by atoms with van der Waals surface area (Å²) in [5.74, 6) is 0. The summed E-state index contributed by atoms with van der Waals surface area (Å²) < 4.78 is 0. The van der Waals surface area contributed by atoms with Gasteiger partial charge in [-0.1, -0.05) is 69.3 Å². The van der Waals surface area contributed by atoms with Gasteiger partial charge in [0.1, 0.15) is 0 Å². The minimum Gasteiger partial charge on any atom is -0.0985 e. The molecule has 1 aromatic carbocycles. The van der Waals surface area contributed by atoms with Crippen molar-refractivity contribution in [2.24, 2.45) is 0 Å². The van der Waals surface area contributed by atoms with Crippen LogP contribution < -0.4 is 0 Å². The van der Waals surface area contributed by atoms with Gasteiger partial charge in [-0.05, 0) is 24.5 Å². The Morgan fingerprint density at radius 1 is 1.33 bits per heavy atom. The lowest BCUT2D eigenvalue weighted by atomic mass is 10.0. The fourth-order valence-electron chi connectivity index (χ4n) is 1.36. The molecule has 0 amide bonds. The zero-order chi connectivity index (χ0) is 11.7. The molecule has 0 fully saturated rings. The molecule has 0 spiro atoms. The Morgan fingerprint density at radius 2 is 2.00 bits per heavy atom. The Bertz CT molecular complexity index is 319. The number of aryl methyl sites for hydroxylation is 1. The van der Waals surface area contributed by atoms with E-state index in [2.05, 4.69) is 50.8 Å². The summed E-state index contributed by atoms with van der Waals surface area (Å²) in [7, 11) is 0. The highest BCUT2D eigenvalue weighted by molar-refractivity contribution is 5.73. The summed E-state index contributed by atoms with van der Waals surface area (Å²) in [5, 5.41) is 0. The fraction of sp³-hybridized carbons (Fsp3) is 0.333. The summed E-state index contributed by atoms with van der Waals surface area (Å²) in [6, 6.07) is 8.49. The molecule has 0 N–H and O–H groups in total. The van der Waals surface area contributed by atoms with Crippen molar-refractivity contribution in [2.45, 2.75) is 34.1 Å². The smallest absolute Gasteiger partial charge is 0.0185 e. The van der Waals surface area contributed by atoms with Crippen molar-refractivity contribution in [3.8, 4) is 0 Å². The van der Waals surface area contributed by atoms with E-state index in [9.17, 15) is 0 Å². The lowest BCUT2D eigenvalue weighted by molar-refractivity contribution is 1.23. The van der Waals surface area contributed by atoms with Crippen LogP contribution in [0.3, 0.4) is 0 Å². The fourth-order valence-corrected chi connectivity index (χ4v) is 1.36. The van der Waals surface area contributed by atoms with Crippen molar-refractivity contribution < 1.29 is 0 Å². The second-order valence-electron chi connectivity index (χ2n) is 3.14. The van der Waals surface area contributed by atoms with Crippen LogP contribution in [0.15, 0.2) is 43.0 Å². The Kier molecular flexibility index (Phi) is 7.35. The van der Waals surface area contributed by atoms with Crippen LogP contribution in [-0.2, 0) is 0 Å². The minimum atomic E-state index is 1.05. The molecule has 0 saturated heterocycles. The Morgan fingerprint density at radius 3 is 2.47 bits per heavy atom. The number of allylic oxidation sites excluding steroid dienone is 3. The van der Waals surface area contributed by atoms with Gasteiger partial charge in [0, 0.05) is 0 Å². The van der Waals surface area contributed by atoms with Crippen LogP contribution in [0, 0.1) is 6.92 Å². The lowest BCUT2D eigenvalue weighted by Gasteiger charge is -2.02. The molecule has 0 aliphatic carbocycles. The highest BCUT2D eigenvalue weighted by Gasteiger charge is 1.95. The van der Waals surface area contributed by atoms with Gasteiger partial charge in [0.05, 0.1) is 0 Å². The third kappa shape index (κ3) is 4.64. The molecule has 0 radical (unpaired) electrons. The van der Waals surface area contributed by atoms with Gasteiger partial charge < -0.3 is 0 Å². The van der Waals surface area contributed by atoms with Crippen molar-refractivity contribution >= 4 is 5.57 Å². The molecule has 0 nitrogen and oxygen atoms in total. The molecule has 0 atom stereocenters. The first-order chi connectivity index (χ1) is 7.27. The molecule has 0 heteroatoms. The monoisotopic (exact) mass is 202 g/mol. The van der Waals surface area contributed by atoms with Crippen molar-refractivity contribution in [1.82, 2.24) is 0 Å².